The first-order chi connectivity index (χ1) is 23.2. The number of nitriles is 1. The maximum Gasteiger partial charge on any atom is 0.303 e. The van der Waals surface area contributed by atoms with Crippen LogP contribution in [0.1, 0.15) is 113 Å². The molecule has 0 unspecified atom stereocenters. The number of anilines is 1. The zero-order chi connectivity index (χ0) is 34.5. The van der Waals surface area contributed by atoms with Crippen molar-refractivity contribution >= 4 is 52.1 Å². The Kier molecular flexibility index (Phi) is 14.8. The minimum Gasteiger partial charge on any atom is -0.481 e. The van der Waals surface area contributed by atoms with Crippen LogP contribution in [-0.2, 0) is 22.6 Å². The molecule has 0 spiro atoms. The van der Waals surface area contributed by atoms with Crippen LogP contribution in [0, 0.1) is 24.2 Å². The molecule has 2 aliphatic rings. The van der Waals surface area contributed by atoms with Crippen LogP contribution in [0.5, 0.6) is 0 Å². The van der Waals surface area contributed by atoms with Gasteiger partial charge in [0.2, 0.25) is 0 Å². The fraction of sp³-hybridized carbons (Fsp3) is 0.553. The summed E-state index contributed by atoms with van der Waals surface area (Å²) < 4.78 is 2.33. The molecule has 10 heteroatoms. The number of aromatic nitrogens is 1. The van der Waals surface area contributed by atoms with Crippen molar-refractivity contribution in [2.24, 2.45) is 5.92 Å². The van der Waals surface area contributed by atoms with Crippen molar-refractivity contribution in [1.29, 1.82) is 5.26 Å². The Labute approximate surface area is 295 Å². The highest BCUT2D eigenvalue weighted by atomic mass is 32.2. The number of nitrogens with zero attached hydrogens (tertiary/aromatic N) is 4. The van der Waals surface area contributed by atoms with Crippen LogP contribution in [0.15, 0.2) is 40.0 Å². The van der Waals surface area contributed by atoms with Crippen molar-refractivity contribution in [3.8, 4) is 6.07 Å². The molecule has 258 valence electrons. The van der Waals surface area contributed by atoms with E-state index in [-0.39, 0.29) is 23.5 Å². The molecule has 2 aliphatic heterocycles. The number of unbranched alkanes of at least 4 members (excludes halogenated alkanes) is 8. The van der Waals surface area contributed by atoms with Gasteiger partial charge in [-0.2, -0.15) is 5.26 Å². The highest BCUT2D eigenvalue weighted by Gasteiger charge is 2.33. The van der Waals surface area contributed by atoms with E-state index in [0.29, 0.717) is 33.8 Å². The van der Waals surface area contributed by atoms with Gasteiger partial charge in [-0.3, -0.25) is 23.9 Å². The van der Waals surface area contributed by atoms with Gasteiger partial charge in [-0.05, 0) is 68.6 Å². The first-order valence-corrected chi connectivity index (χ1v) is 18.9. The third kappa shape index (κ3) is 10.1. The minimum absolute atomic E-state index is 0.111. The lowest BCUT2D eigenvalue weighted by Crippen LogP contribution is -2.40. The van der Waals surface area contributed by atoms with Gasteiger partial charge < -0.3 is 10.0 Å². The van der Waals surface area contributed by atoms with Crippen LogP contribution in [-0.4, -0.2) is 50.4 Å². The van der Waals surface area contributed by atoms with E-state index >= 15 is 0 Å². The van der Waals surface area contributed by atoms with Crippen molar-refractivity contribution in [2.45, 2.75) is 110 Å². The van der Waals surface area contributed by atoms with Gasteiger partial charge in [-0.15, -0.1) is 0 Å². The van der Waals surface area contributed by atoms with E-state index in [1.54, 1.807) is 9.47 Å². The summed E-state index contributed by atoms with van der Waals surface area (Å²) in [5, 5.41) is 18.8. The highest BCUT2D eigenvalue weighted by Crippen LogP contribution is 2.37. The monoisotopic (exact) mass is 690 g/mol. The summed E-state index contributed by atoms with van der Waals surface area (Å²) in [5.74, 6) is 0.535. The molecule has 4 rings (SSSR count). The number of rotatable bonds is 18. The van der Waals surface area contributed by atoms with Gasteiger partial charge in [-0.25, -0.2) is 0 Å². The quantitative estimate of drug-likeness (QED) is 0.0951. The molecule has 2 fully saturated rings. The van der Waals surface area contributed by atoms with Gasteiger partial charge in [0.15, 0.2) is 0 Å². The molecule has 0 bridgehead atoms. The van der Waals surface area contributed by atoms with Gasteiger partial charge in [0.1, 0.15) is 21.8 Å². The fourth-order valence-corrected chi connectivity index (χ4v) is 8.03. The van der Waals surface area contributed by atoms with Gasteiger partial charge >= 0.3 is 5.97 Å². The van der Waals surface area contributed by atoms with Gasteiger partial charge in [0.05, 0.1) is 4.91 Å². The molecule has 0 saturated carbocycles. The van der Waals surface area contributed by atoms with E-state index in [4.69, 9.17) is 17.3 Å². The molecule has 1 amide bonds. The average molecular weight is 691 g/mol. The summed E-state index contributed by atoms with van der Waals surface area (Å²) in [6, 6.07) is 12.8. The molecule has 2 aromatic rings. The number of carboxylic acid groups (broad SMARTS) is 1. The first-order valence-electron chi connectivity index (χ1n) is 17.7. The second-order valence-corrected chi connectivity index (χ2v) is 14.8. The van der Waals surface area contributed by atoms with E-state index in [1.807, 2.05) is 19.1 Å². The number of piperidine rings is 1. The minimum atomic E-state index is -0.728. The largest absolute Gasteiger partial charge is 0.481 e. The normalized spacial score (nSPS) is 16.2. The van der Waals surface area contributed by atoms with Crippen LogP contribution in [0.3, 0.4) is 0 Å². The number of carbonyl (C=O) groups excluding carboxylic acids is 1. The predicted octanol–water partition coefficient (Wildman–Crippen LogP) is 8.08. The highest BCUT2D eigenvalue weighted by molar-refractivity contribution is 8.26. The molecule has 2 saturated heterocycles. The molecule has 48 heavy (non-hydrogen) atoms. The van der Waals surface area contributed by atoms with Crippen molar-refractivity contribution < 1.29 is 14.7 Å². The van der Waals surface area contributed by atoms with E-state index in [0.717, 1.165) is 108 Å². The second-order valence-electron chi connectivity index (χ2n) is 13.1. The smallest absolute Gasteiger partial charge is 0.303 e. The molecule has 0 atom stereocenters. The fourth-order valence-electron chi connectivity index (χ4n) is 6.74. The van der Waals surface area contributed by atoms with E-state index in [9.17, 15) is 19.6 Å². The maximum atomic E-state index is 13.7. The molecule has 1 N–H and O–H groups in total. The Morgan fingerprint density at radius 1 is 1.00 bits per heavy atom. The molecule has 0 radical (unpaired) electrons. The molecule has 3 heterocycles. The number of thioether (sulfide) groups is 1. The maximum absolute atomic E-state index is 13.7. The van der Waals surface area contributed by atoms with Crippen molar-refractivity contribution in [2.75, 3.05) is 24.5 Å². The third-order valence-corrected chi connectivity index (χ3v) is 10.9. The van der Waals surface area contributed by atoms with Crippen molar-refractivity contribution in [1.82, 2.24) is 9.47 Å². The summed E-state index contributed by atoms with van der Waals surface area (Å²) in [7, 11) is 0. The predicted molar refractivity (Wildman–Crippen MR) is 199 cm³/mol. The number of hydrogen-bond acceptors (Lipinski definition) is 7. The number of hydrogen-bond donors (Lipinski definition) is 1. The number of amides is 1. The van der Waals surface area contributed by atoms with E-state index in [1.165, 1.54) is 17.3 Å². The SMILES string of the molecule is CCCCn1c(N2CCC(Cc3ccccc3)CC2)c(/C=C2\SC(=S)N(CCCCCCCCCCC(=O)O)C2=O)c(C)c(C#N)c1=O. The third-order valence-electron chi connectivity index (χ3n) is 9.53. The van der Waals surface area contributed by atoms with Crippen LogP contribution < -0.4 is 10.5 Å². The number of benzene rings is 1. The topological polar surface area (TPSA) is 107 Å². The summed E-state index contributed by atoms with van der Waals surface area (Å²) >= 11 is 6.97. The lowest BCUT2D eigenvalue weighted by atomic mass is 9.90. The Morgan fingerprint density at radius 2 is 1.65 bits per heavy atom. The number of pyridine rings is 1. The summed E-state index contributed by atoms with van der Waals surface area (Å²) in [6.45, 7) is 6.62. The number of carbonyl (C=O) groups is 2. The number of thiocarbonyl (C=S) groups is 1. The van der Waals surface area contributed by atoms with Gasteiger partial charge in [0.25, 0.3) is 11.5 Å². The van der Waals surface area contributed by atoms with Gasteiger partial charge in [-0.1, -0.05) is 106 Å². The van der Waals surface area contributed by atoms with Crippen LogP contribution in [0.2, 0.25) is 0 Å². The number of carboxylic acids is 1. The van der Waals surface area contributed by atoms with Crippen molar-refractivity contribution in [3.63, 3.8) is 0 Å². The van der Waals surface area contributed by atoms with Crippen molar-refractivity contribution in [3.05, 3.63) is 67.8 Å². The summed E-state index contributed by atoms with van der Waals surface area (Å²) in [6.07, 6.45) is 14.8. The molecule has 1 aromatic heterocycles. The van der Waals surface area contributed by atoms with E-state index < -0.39 is 5.97 Å². The lowest BCUT2D eigenvalue weighted by Gasteiger charge is -2.36. The first kappa shape index (κ1) is 37.4. The van der Waals surface area contributed by atoms with Crippen LogP contribution in [0.4, 0.5) is 5.82 Å². The molecular weight excluding hydrogens is 641 g/mol. The van der Waals surface area contributed by atoms with E-state index in [2.05, 4.69) is 42.2 Å². The Morgan fingerprint density at radius 3 is 2.27 bits per heavy atom. The van der Waals surface area contributed by atoms with Crippen LogP contribution in [0.25, 0.3) is 6.08 Å². The average Bonchev–Trinajstić information content (AvgIpc) is 3.34. The molecule has 1 aromatic carbocycles. The second kappa shape index (κ2) is 18.9. The Bertz CT molecular complexity index is 1550. The zero-order valence-corrected chi connectivity index (χ0v) is 30.2. The molecular formula is C38H50N4O4S2. The summed E-state index contributed by atoms with van der Waals surface area (Å²) in [4.78, 5) is 42.6. The van der Waals surface area contributed by atoms with Crippen LogP contribution >= 0.6 is 24.0 Å². The molecule has 0 aliphatic carbocycles. The van der Waals surface area contributed by atoms with Gasteiger partial charge in [0, 0.05) is 38.2 Å². The standard InChI is InChI=1S/C38H50N4O4S2/c1-3-4-21-41-35(40-23-19-30(20-24-40)25-29-16-12-11-13-17-29)31(28(2)32(27-39)36(41)45)26-33-37(46)42(38(47)48-33)22-15-10-8-6-5-7-9-14-18-34(43)44/h11-13,16-17,26,30H,3-10,14-15,18-25H2,1-2H3,(H,43,44)/b33-26-. The zero-order valence-electron chi connectivity index (χ0n) is 28.5. The Hall–Kier alpha value is -3.42. The summed E-state index contributed by atoms with van der Waals surface area (Å²) in [5.41, 5.74) is 2.61. The lowest BCUT2D eigenvalue weighted by molar-refractivity contribution is -0.137. The Balaban J connectivity index is 1.48. The number of aliphatic carboxylic acids is 1. The molecule has 8 nitrogen and oxygen atoms in total.